The molecule has 1 aliphatic heterocycles. The van der Waals surface area contributed by atoms with E-state index in [9.17, 15) is 14.7 Å². The fourth-order valence-corrected chi connectivity index (χ4v) is 5.39. The molecule has 0 spiro atoms. The molecule has 7 heteroatoms. The largest absolute Gasteiger partial charge is 0.465 e. The van der Waals surface area contributed by atoms with Gasteiger partial charge in [0.2, 0.25) is 5.88 Å². The Hall–Kier alpha value is -3.87. The molecular formula is C29H31N3O4. The topological polar surface area (TPSA) is 91.8 Å². The second-order valence-electron chi connectivity index (χ2n) is 10.6. The van der Waals surface area contributed by atoms with Gasteiger partial charge in [0.05, 0.1) is 11.2 Å². The van der Waals surface area contributed by atoms with Gasteiger partial charge in [0.25, 0.3) is 5.91 Å². The number of anilines is 1. The van der Waals surface area contributed by atoms with E-state index >= 15 is 0 Å². The summed E-state index contributed by atoms with van der Waals surface area (Å²) in [4.78, 5) is 30.9. The number of nitrogens with one attached hydrogen (secondary N) is 1. The predicted molar refractivity (Wildman–Crippen MR) is 139 cm³/mol. The van der Waals surface area contributed by atoms with Crippen LogP contribution in [0.25, 0.3) is 22.4 Å². The Bertz CT molecular complexity index is 1310. The van der Waals surface area contributed by atoms with Crippen molar-refractivity contribution in [3.8, 4) is 28.3 Å². The van der Waals surface area contributed by atoms with Gasteiger partial charge in [-0.25, -0.2) is 9.78 Å². The van der Waals surface area contributed by atoms with Gasteiger partial charge in [-0.15, -0.1) is 0 Å². The summed E-state index contributed by atoms with van der Waals surface area (Å²) in [6.07, 6.45) is 1.07. The minimum absolute atomic E-state index is 0.201. The van der Waals surface area contributed by atoms with E-state index in [0.29, 0.717) is 11.6 Å². The first-order valence-electron chi connectivity index (χ1n) is 12.3. The highest BCUT2D eigenvalue weighted by molar-refractivity contribution is 5.99. The van der Waals surface area contributed by atoms with E-state index in [-0.39, 0.29) is 5.91 Å². The van der Waals surface area contributed by atoms with Crippen molar-refractivity contribution in [1.82, 2.24) is 9.88 Å². The van der Waals surface area contributed by atoms with E-state index < -0.39 is 23.3 Å². The number of ether oxygens (including phenoxy) is 1. The number of fused-ring (bicyclic) bond motifs is 1. The maximum Gasteiger partial charge on any atom is 0.408 e. The zero-order chi connectivity index (χ0) is 25.7. The third-order valence-electron chi connectivity index (χ3n) is 7.15. The molecule has 0 bridgehead atoms. The number of carbonyl (C=O) groups is 2. The average molecular weight is 486 g/mol. The number of rotatable bonds is 4. The Morgan fingerprint density at radius 2 is 1.75 bits per heavy atom. The smallest absolute Gasteiger partial charge is 0.408 e. The number of pyridine rings is 1. The minimum Gasteiger partial charge on any atom is -0.465 e. The molecule has 2 amide bonds. The summed E-state index contributed by atoms with van der Waals surface area (Å²) in [6.45, 7) is 7.52. The Morgan fingerprint density at radius 1 is 1.08 bits per heavy atom. The van der Waals surface area contributed by atoms with E-state index in [1.165, 1.54) is 0 Å². The van der Waals surface area contributed by atoms with Crippen molar-refractivity contribution in [2.75, 3.05) is 5.32 Å². The summed E-state index contributed by atoms with van der Waals surface area (Å²) >= 11 is 0. The summed E-state index contributed by atoms with van der Waals surface area (Å²) in [5.41, 5.74) is 3.96. The van der Waals surface area contributed by atoms with Crippen LogP contribution in [0.4, 0.5) is 10.5 Å². The highest BCUT2D eigenvalue weighted by atomic mass is 16.5. The van der Waals surface area contributed by atoms with Crippen molar-refractivity contribution in [1.29, 1.82) is 0 Å². The number of nitrogens with zero attached hydrogens (tertiary/aromatic N) is 2. The third-order valence-corrected chi connectivity index (χ3v) is 7.15. The average Bonchev–Trinajstić information content (AvgIpc) is 2.81. The van der Waals surface area contributed by atoms with Crippen molar-refractivity contribution in [3.05, 3.63) is 66.2 Å². The van der Waals surface area contributed by atoms with Crippen LogP contribution < -0.4 is 10.1 Å². The van der Waals surface area contributed by atoms with Crippen LogP contribution in [0.15, 0.2) is 60.7 Å². The normalized spacial score (nSPS) is 18.3. The van der Waals surface area contributed by atoms with Crippen molar-refractivity contribution in [2.24, 2.45) is 0 Å². The van der Waals surface area contributed by atoms with Gasteiger partial charge >= 0.3 is 6.09 Å². The van der Waals surface area contributed by atoms with Gasteiger partial charge in [0.1, 0.15) is 5.69 Å². The second kappa shape index (κ2) is 8.66. The Balaban J connectivity index is 1.60. The molecule has 1 atom stereocenters. The lowest BCUT2D eigenvalue weighted by atomic mass is 9.69. The molecule has 1 fully saturated rings. The maximum absolute atomic E-state index is 12.3. The van der Waals surface area contributed by atoms with Gasteiger partial charge < -0.3 is 15.2 Å². The van der Waals surface area contributed by atoms with Gasteiger partial charge in [-0.3, -0.25) is 9.69 Å². The lowest BCUT2D eigenvalue weighted by Crippen LogP contribution is -2.60. The van der Waals surface area contributed by atoms with Gasteiger partial charge in [0, 0.05) is 16.7 Å². The van der Waals surface area contributed by atoms with Crippen LogP contribution in [0.5, 0.6) is 5.88 Å². The molecule has 1 saturated carbocycles. The molecule has 1 unspecified atom stereocenters. The Kier molecular flexibility index (Phi) is 5.74. The first kappa shape index (κ1) is 23.9. The van der Waals surface area contributed by atoms with Crippen molar-refractivity contribution < 1.29 is 19.4 Å². The van der Waals surface area contributed by atoms with Crippen LogP contribution >= 0.6 is 0 Å². The monoisotopic (exact) mass is 485 g/mol. The van der Waals surface area contributed by atoms with Crippen molar-refractivity contribution in [3.63, 3.8) is 0 Å². The van der Waals surface area contributed by atoms with Crippen LogP contribution in [0.2, 0.25) is 0 Å². The molecule has 5 rings (SSSR count). The van der Waals surface area contributed by atoms with E-state index in [2.05, 4.69) is 5.32 Å². The Morgan fingerprint density at radius 3 is 2.31 bits per heavy atom. The summed E-state index contributed by atoms with van der Waals surface area (Å²) in [5, 5.41) is 13.0. The van der Waals surface area contributed by atoms with Gasteiger partial charge in [-0.05, 0) is 64.2 Å². The van der Waals surface area contributed by atoms with Crippen molar-refractivity contribution in [2.45, 2.75) is 64.1 Å². The quantitative estimate of drug-likeness (QED) is 0.453. The summed E-state index contributed by atoms with van der Waals surface area (Å²) in [5.74, 6) is 0.189. The molecule has 2 N–H and O–H groups in total. The first-order valence-corrected chi connectivity index (χ1v) is 12.3. The minimum atomic E-state index is -0.901. The number of hydrogen-bond donors (Lipinski definition) is 2. The van der Waals surface area contributed by atoms with E-state index in [0.717, 1.165) is 47.2 Å². The first-order chi connectivity index (χ1) is 17.1. The van der Waals surface area contributed by atoms with E-state index in [1.807, 2.05) is 81.4 Å². The van der Waals surface area contributed by atoms with Crippen LogP contribution in [-0.4, -0.2) is 38.6 Å². The third kappa shape index (κ3) is 3.98. The molecule has 2 aromatic carbocycles. The Labute approximate surface area is 211 Å². The molecule has 3 aromatic rings. The van der Waals surface area contributed by atoms with Gasteiger partial charge in [-0.2, -0.15) is 0 Å². The fourth-order valence-electron chi connectivity index (χ4n) is 5.39. The fraction of sp³-hybridized carbons (Fsp3) is 0.345. The van der Waals surface area contributed by atoms with Crippen molar-refractivity contribution >= 4 is 17.7 Å². The molecule has 7 nitrogen and oxygen atoms in total. The van der Waals surface area contributed by atoms with Crippen LogP contribution in [0.3, 0.4) is 0 Å². The number of aromatic nitrogens is 1. The molecular weight excluding hydrogens is 454 g/mol. The maximum atomic E-state index is 12.3. The number of benzene rings is 2. The number of carboxylic acid groups (broad SMARTS) is 1. The zero-order valence-corrected chi connectivity index (χ0v) is 21.0. The highest BCUT2D eigenvalue weighted by Crippen LogP contribution is 2.50. The SMILES string of the molecule is CC1Oc2nc(-c3ccc(C4(N(C(=O)O)C(C)(C)C)CCC4)cc3)c(-c3ccccc3)cc2NC1=O. The van der Waals surface area contributed by atoms with Crippen LogP contribution in [-0.2, 0) is 10.3 Å². The molecule has 186 valence electrons. The number of carbonyl (C=O) groups excluding carboxylic acids is 1. The summed E-state index contributed by atoms with van der Waals surface area (Å²) < 4.78 is 5.80. The molecule has 1 aliphatic carbocycles. The van der Waals surface area contributed by atoms with E-state index in [1.54, 1.807) is 11.8 Å². The van der Waals surface area contributed by atoms with Gasteiger partial charge in [0.15, 0.2) is 6.10 Å². The zero-order valence-electron chi connectivity index (χ0n) is 21.0. The highest BCUT2D eigenvalue weighted by Gasteiger charge is 2.50. The number of hydrogen-bond acceptors (Lipinski definition) is 4. The molecule has 36 heavy (non-hydrogen) atoms. The lowest BCUT2D eigenvalue weighted by Gasteiger charge is -2.54. The predicted octanol–water partition coefficient (Wildman–Crippen LogP) is 6.29. The second-order valence-corrected chi connectivity index (χ2v) is 10.6. The number of amides is 2. The molecule has 1 aromatic heterocycles. The molecule has 0 saturated heterocycles. The molecule has 2 aliphatic rings. The summed E-state index contributed by atoms with van der Waals surface area (Å²) in [6, 6.07) is 19.9. The van der Waals surface area contributed by atoms with E-state index in [4.69, 9.17) is 9.72 Å². The van der Waals surface area contributed by atoms with Crippen LogP contribution in [0.1, 0.15) is 52.5 Å². The lowest BCUT2D eigenvalue weighted by molar-refractivity contribution is -0.122. The van der Waals surface area contributed by atoms with Crippen LogP contribution in [0, 0.1) is 0 Å². The molecule has 2 heterocycles. The van der Waals surface area contributed by atoms with Gasteiger partial charge in [-0.1, -0.05) is 54.6 Å². The molecule has 0 radical (unpaired) electrons. The standard InChI is InChI=1S/C29H31N3O4/c1-18-25(33)30-23-17-22(19-9-6-5-7-10-19)24(31-26(23)36-18)20-11-13-21(14-12-20)29(15-8-16-29)32(27(34)35)28(2,3)4/h5-7,9-14,17-18H,8,15-16H2,1-4H3,(H,30,33)(H,34,35). The summed E-state index contributed by atoms with van der Waals surface area (Å²) in [7, 11) is 0.